The van der Waals surface area contributed by atoms with Gasteiger partial charge in [0, 0.05) is 5.75 Å². The van der Waals surface area contributed by atoms with Crippen molar-refractivity contribution in [2.45, 2.75) is 110 Å². The minimum Gasteiger partial charge on any atom is -0.466 e. The summed E-state index contributed by atoms with van der Waals surface area (Å²) in [6, 6.07) is 0. The summed E-state index contributed by atoms with van der Waals surface area (Å²) in [5, 5.41) is 0. The number of ether oxygens (including phenoxy) is 1. The molecule has 2 nitrogen and oxygen atoms in total. The van der Waals surface area contributed by atoms with Gasteiger partial charge in [-0.1, -0.05) is 96.8 Å². The smallest absolute Gasteiger partial charge is 0.306 e. The molecule has 0 atom stereocenters. The average Bonchev–Trinajstić information content (AvgIpc) is 2.54. The Bertz CT molecular complexity index is 244. The van der Waals surface area contributed by atoms with Gasteiger partial charge >= 0.3 is 5.97 Å². The highest BCUT2D eigenvalue weighted by Crippen LogP contribution is 2.13. The fourth-order valence-corrected chi connectivity index (χ4v) is 3.01. The number of carbonyl (C=O) groups excluding carboxylic acids is 1. The second-order valence-electron chi connectivity index (χ2n) is 6.64. The summed E-state index contributed by atoms with van der Waals surface area (Å²) < 4.78 is 5.11. The van der Waals surface area contributed by atoms with Crippen molar-refractivity contribution in [2.24, 2.45) is 0 Å². The van der Waals surface area contributed by atoms with E-state index < -0.39 is 0 Å². The Morgan fingerprint density at radius 1 is 0.696 bits per heavy atom. The standard InChI is InChI=1S/C20H40O2S/c1-2-3-4-5-6-7-8-9-10-11-12-13-14-15-16-18-22-20(21)17-19-23/h23H,2-19H2,1H3. The van der Waals surface area contributed by atoms with E-state index in [1.54, 1.807) is 0 Å². The van der Waals surface area contributed by atoms with Crippen LogP contribution in [0.25, 0.3) is 0 Å². The van der Waals surface area contributed by atoms with Crippen molar-refractivity contribution < 1.29 is 9.53 Å². The molecule has 0 heterocycles. The van der Waals surface area contributed by atoms with Crippen LogP contribution in [0, 0.1) is 0 Å². The van der Waals surface area contributed by atoms with Crippen molar-refractivity contribution >= 4 is 18.6 Å². The van der Waals surface area contributed by atoms with Gasteiger partial charge in [-0.3, -0.25) is 4.79 Å². The summed E-state index contributed by atoms with van der Waals surface area (Å²) in [5.74, 6) is 0.475. The van der Waals surface area contributed by atoms with Crippen LogP contribution in [-0.2, 0) is 9.53 Å². The fraction of sp³-hybridized carbons (Fsp3) is 0.950. The summed E-state index contributed by atoms with van der Waals surface area (Å²) in [5.41, 5.74) is 0. The summed E-state index contributed by atoms with van der Waals surface area (Å²) in [4.78, 5) is 11.1. The quantitative estimate of drug-likeness (QED) is 0.170. The molecule has 0 fully saturated rings. The number of rotatable bonds is 18. The van der Waals surface area contributed by atoms with E-state index in [0.717, 1.165) is 6.42 Å². The molecule has 3 heteroatoms. The van der Waals surface area contributed by atoms with E-state index in [1.165, 1.54) is 89.9 Å². The molecule has 0 saturated heterocycles. The molecule has 0 aromatic heterocycles. The summed E-state index contributed by atoms with van der Waals surface area (Å²) in [7, 11) is 0. The zero-order valence-corrected chi connectivity index (χ0v) is 16.4. The molecule has 0 bridgehead atoms. The number of thiol groups is 1. The van der Waals surface area contributed by atoms with Crippen LogP contribution >= 0.6 is 12.6 Å². The maximum atomic E-state index is 11.1. The molecule has 0 amide bonds. The third-order valence-electron chi connectivity index (χ3n) is 4.33. The largest absolute Gasteiger partial charge is 0.466 e. The van der Waals surface area contributed by atoms with Crippen LogP contribution in [0.4, 0.5) is 0 Å². The topological polar surface area (TPSA) is 26.3 Å². The lowest BCUT2D eigenvalue weighted by Crippen LogP contribution is -2.06. The monoisotopic (exact) mass is 344 g/mol. The molecule has 0 aliphatic carbocycles. The van der Waals surface area contributed by atoms with Gasteiger partial charge in [-0.2, -0.15) is 12.6 Å². The molecule has 0 unspecified atom stereocenters. The van der Waals surface area contributed by atoms with Gasteiger partial charge in [0.2, 0.25) is 0 Å². The van der Waals surface area contributed by atoms with Crippen molar-refractivity contribution in [3.63, 3.8) is 0 Å². The number of hydrogen-bond donors (Lipinski definition) is 1. The molecule has 0 aliphatic rings. The van der Waals surface area contributed by atoms with Crippen LogP contribution in [0.1, 0.15) is 110 Å². The maximum Gasteiger partial charge on any atom is 0.306 e. The minimum atomic E-state index is -0.106. The van der Waals surface area contributed by atoms with E-state index in [4.69, 9.17) is 4.74 Å². The molecule has 0 rings (SSSR count). The van der Waals surface area contributed by atoms with Gasteiger partial charge in [0.1, 0.15) is 0 Å². The molecular weight excluding hydrogens is 304 g/mol. The van der Waals surface area contributed by atoms with E-state index in [1.807, 2.05) is 0 Å². The van der Waals surface area contributed by atoms with E-state index in [2.05, 4.69) is 19.6 Å². The van der Waals surface area contributed by atoms with Crippen LogP contribution in [0.3, 0.4) is 0 Å². The normalized spacial score (nSPS) is 10.9. The molecule has 0 aliphatic heterocycles. The van der Waals surface area contributed by atoms with Crippen LogP contribution in [0.15, 0.2) is 0 Å². The number of hydrogen-bond acceptors (Lipinski definition) is 3. The fourth-order valence-electron chi connectivity index (χ4n) is 2.82. The zero-order valence-electron chi connectivity index (χ0n) is 15.5. The Morgan fingerprint density at radius 3 is 1.48 bits per heavy atom. The first-order valence-corrected chi connectivity index (χ1v) is 10.7. The maximum absolute atomic E-state index is 11.1. The second kappa shape index (κ2) is 19.9. The van der Waals surface area contributed by atoms with E-state index in [9.17, 15) is 4.79 Å². The van der Waals surface area contributed by atoms with Crippen molar-refractivity contribution in [1.82, 2.24) is 0 Å². The first kappa shape index (κ1) is 22.8. The predicted octanol–water partition coefficient (Wildman–Crippen LogP) is 6.72. The zero-order chi connectivity index (χ0) is 17.0. The van der Waals surface area contributed by atoms with Gasteiger partial charge in [-0.15, -0.1) is 0 Å². The summed E-state index contributed by atoms with van der Waals surface area (Å²) in [6.07, 6.45) is 20.8. The van der Waals surface area contributed by atoms with Crippen LogP contribution in [0.2, 0.25) is 0 Å². The Balaban J connectivity index is 3.01. The Hall–Kier alpha value is -0.180. The van der Waals surface area contributed by atoms with Crippen molar-refractivity contribution in [2.75, 3.05) is 12.4 Å². The third kappa shape index (κ3) is 19.8. The number of esters is 1. The Labute approximate surface area is 150 Å². The lowest BCUT2D eigenvalue weighted by Gasteiger charge is -2.04. The Kier molecular flexibility index (Phi) is 19.7. The molecule has 0 saturated carbocycles. The van der Waals surface area contributed by atoms with Gasteiger partial charge in [0.25, 0.3) is 0 Å². The van der Waals surface area contributed by atoms with Crippen molar-refractivity contribution in [1.29, 1.82) is 0 Å². The first-order valence-electron chi connectivity index (χ1n) is 10.1. The Morgan fingerprint density at radius 2 is 1.09 bits per heavy atom. The van der Waals surface area contributed by atoms with Gasteiger partial charge in [-0.05, 0) is 6.42 Å². The van der Waals surface area contributed by atoms with Gasteiger partial charge in [-0.25, -0.2) is 0 Å². The van der Waals surface area contributed by atoms with Crippen LogP contribution in [-0.4, -0.2) is 18.3 Å². The molecule has 0 aromatic rings. The lowest BCUT2D eigenvalue weighted by molar-refractivity contribution is -0.143. The minimum absolute atomic E-state index is 0.106. The van der Waals surface area contributed by atoms with Crippen LogP contribution in [0.5, 0.6) is 0 Å². The molecule has 0 aromatic carbocycles. The highest BCUT2D eigenvalue weighted by molar-refractivity contribution is 7.80. The van der Waals surface area contributed by atoms with Crippen molar-refractivity contribution in [3.05, 3.63) is 0 Å². The lowest BCUT2D eigenvalue weighted by atomic mass is 10.0. The molecule has 138 valence electrons. The molecule has 0 N–H and O–H groups in total. The van der Waals surface area contributed by atoms with Gasteiger partial charge in [0.15, 0.2) is 0 Å². The molecule has 0 radical (unpaired) electrons. The number of unbranched alkanes of at least 4 members (excludes halogenated alkanes) is 14. The van der Waals surface area contributed by atoms with Crippen molar-refractivity contribution in [3.8, 4) is 0 Å². The first-order chi connectivity index (χ1) is 11.3. The molecule has 23 heavy (non-hydrogen) atoms. The molecule has 0 spiro atoms. The summed E-state index contributed by atoms with van der Waals surface area (Å²) >= 11 is 4.01. The van der Waals surface area contributed by atoms with E-state index >= 15 is 0 Å². The summed E-state index contributed by atoms with van der Waals surface area (Å²) in [6.45, 7) is 2.87. The van der Waals surface area contributed by atoms with E-state index in [0.29, 0.717) is 18.8 Å². The molecular formula is C20H40O2S. The number of carbonyl (C=O) groups is 1. The second-order valence-corrected chi connectivity index (χ2v) is 7.09. The van der Waals surface area contributed by atoms with Gasteiger partial charge in [0.05, 0.1) is 13.0 Å². The SMILES string of the molecule is CCCCCCCCCCCCCCCCCOC(=O)CCS. The third-order valence-corrected chi connectivity index (χ3v) is 4.55. The van der Waals surface area contributed by atoms with Gasteiger partial charge < -0.3 is 4.74 Å². The highest BCUT2D eigenvalue weighted by Gasteiger charge is 2.00. The average molecular weight is 345 g/mol. The van der Waals surface area contributed by atoms with E-state index in [-0.39, 0.29) is 5.97 Å². The predicted molar refractivity (Wildman–Crippen MR) is 104 cm³/mol. The van der Waals surface area contributed by atoms with Crippen LogP contribution < -0.4 is 0 Å². The highest BCUT2D eigenvalue weighted by atomic mass is 32.1.